The number of aliphatic imine (C=N–C) groups is 2. The molecule has 1 fully saturated rings. The minimum Gasteiger partial charge on any atom is -0.508 e. The molecule has 20 heteroatoms. The number of carbonyl (C=O) groups is 6. The monoisotopic (exact) mass is 816 g/mol. The first-order chi connectivity index (χ1) is 27.3. The van der Waals surface area contributed by atoms with Gasteiger partial charge in [-0.05, 0) is 80.9 Å². The van der Waals surface area contributed by atoms with Crippen LogP contribution < -0.4 is 49.9 Å². The Balaban J connectivity index is 2.35. The average molecular weight is 817 g/mol. The van der Waals surface area contributed by atoms with Crippen molar-refractivity contribution in [3.63, 3.8) is 0 Å². The van der Waals surface area contributed by atoms with Crippen LogP contribution in [-0.2, 0) is 35.2 Å². The third kappa shape index (κ3) is 17.2. The molecular formula is C38H64N12O8. The summed E-state index contributed by atoms with van der Waals surface area (Å²) in [6.45, 7) is 7.96. The fourth-order valence-corrected chi connectivity index (χ4v) is 6.48. The second kappa shape index (κ2) is 24.2. The standard InChI is InChI=1S/C38H64N12O8/c1-21(2)18-27(32(53)49-29(36(57)58)19-22(3)4)47-33(54)28(20-23-11-13-24(51)14-12-23)48-34(55)30-10-7-17-50(30)35(56)26(9-6-16-45-38(42)43)46-31(52)25(39)8-5-15-44-37(40)41/h11-14,21-22,25-30,51H,5-10,15-20,39H2,1-4H3,(H,46,52)(H,47,54)(H,48,55)(H,49,53)(H,57,58)(H4,40,41,44)(H4,42,43,45)/t25-,26-,27-,28-,29-,30-/m0/s1. The van der Waals surface area contributed by atoms with Crippen molar-refractivity contribution in [3.8, 4) is 5.75 Å². The molecule has 0 aliphatic carbocycles. The summed E-state index contributed by atoms with van der Waals surface area (Å²) in [5.41, 5.74) is 28.3. The highest BCUT2D eigenvalue weighted by atomic mass is 16.4. The van der Waals surface area contributed by atoms with Crippen LogP contribution in [0.5, 0.6) is 5.75 Å². The molecule has 1 aromatic carbocycles. The van der Waals surface area contributed by atoms with Gasteiger partial charge in [0.25, 0.3) is 0 Å². The fourth-order valence-electron chi connectivity index (χ4n) is 6.48. The van der Waals surface area contributed by atoms with E-state index in [9.17, 15) is 39.0 Å². The summed E-state index contributed by atoms with van der Waals surface area (Å²) in [6, 6.07) is -0.637. The van der Waals surface area contributed by atoms with Gasteiger partial charge in [0.1, 0.15) is 36.0 Å². The van der Waals surface area contributed by atoms with Gasteiger partial charge in [-0.1, -0.05) is 39.8 Å². The van der Waals surface area contributed by atoms with Gasteiger partial charge in [-0.3, -0.25) is 34.0 Å². The van der Waals surface area contributed by atoms with Gasteiger partial charge in [0, 0.05) is 26.1 Å². The number of phenolic OH excluding ortho intramolecular Hbond substituents is 1. The van der Waals surface area contributed by atoms with Crippen LogP contribution in [0, 0.1) is 11.8 Å². The number of guanidine groups is 2. The Kier molecular flexibility index (Phi) is 20.2. The van der Waals surface area contributed by atoms with Crippen molar-refractivity contribution in [2.75, 3.05) is 19.6 Å². The maximum atomic E-state index is 14.1. The molecule has 20 nitrogen and oxygen atoms in total. The van der Waals surface area contributed by atoms with Crippen molar-refractivity contribution in [1.29, 1.82) is 0 Å². The van der Waals surface area contributed by atoms with Crippen molar-refractivity contribution in [3.05, 3.63) is 29.8 Å². The number of carbonyl (C=O) groups excluding carboxylic acids is 5. The van der Waals surface area contributed by atoms with E-state index >= 15 is 0 Å². The molecule has 1 heterocycles. The number of rotatable bonds is 24. The van der Waals surface area contributed by atoms with E-state index < -0.39 is 71.8 Å². The minimum atomic E-state index is -1.25. The zero-order chi connectivity index (χ0) is 43.5. The number of aromatic hydroxyl groups is 1. The molecule has 0 radical (unpaired) electrons. The highest BCUT2D eigenvalue weighted by Crippen LogP contribution is 2.21. The molecule has 1 aliphatic rings. The number of carboxylic acid groups (broad SMARTS) is 1. The Morgan fingerprint density at radius 2 is 1.26 bits per heavy atom. The Morgan fingerprint density at radius 3 is 1.81 bits per heavy atom. The molecule has 1 aromatic rings. The lowest BCUT2D eigenvalue weighted by atomic mass is 9.99. The van der Waals surface area contributed by atoms with Crippen molar-refractivity contribution in [2.24, 2.45) is 50.5 Å². The first kappa shape index (κ1) is 48.5. The van der Waals surface area contributed by atoms with Crippen LogP contribution >= 0.6 is 0 Å². The third-order valence-corrected chi connectivity index (χ3v) is 9.37. The molecule has 2 rings (SSSR count). The van der Waals surface area contributed by atoms with Gasteiger partial charge < -0.3 is 65.0 Å². The van der Waals surface area contributed by atoms with E-state index in [4.69, 9.17) is 28.7 Å². The number of nitrogens with two attached hydrogens (primary N) is 5. The Bertz CT molecular complexity index is 1600. The maximum Gasteiger partial charge on any atom is 0.326 e. The Labute approximate surface area is 339 Å². The molecule has 1 saturated heterocycles. The number of aliphatic carboxylic acids is 1. The fraction of sp³-hybridized carbons (Fsp3) is 0.632. The third-order valence-electron chi connectivity index (χ3n) is 9.37. The topological polar surface area (TPSA) is 349 Å². The molecule has 0 saturated carbocycles. The van der Waals surface area contributed by atoms with Crippen molar-refractivity contribution in [1.82, 2.24) is 26.2 Å². The van der Waals surface area contributed by atoms with Crippen LogP contribution in [0.3, 0.4) is 0 Å². The van der Waals surface area contributed by atoms with E-state index in [0.717, 1.165) is 0 Å². The Morgan fingerprint density at radius 1 is 0.741 bits per heavy atom. The molecule has 0 unspecified atom stereocenters. The average Bonchev–Trinajstić information content (AvgIpc) is 3.64. The molecule has 58 heavy (non-hydrogen) atoms. The molecule has 0 aromatic heterocycles. The molecule has 1 aliphatic heterocycles. The SMILES string of the molecule is CC(C)C[C@H](NC(=O)[C@H](CC(C)C)NC(=O)[C@H](Cc1ccc(O)cc1)NC(=O)[C@@H]1CCCN1C(=O)[C@H](CCCN=C(N)N)NC(=O)[C@@H](N)CCCN=C(N)N)C(=O)O. The summed E-state index contributed by atoms with van der Waals surface area (Å²) in [6.07, 6.45) is 2.08. The van der Waals surface area contributed by atoms with Crippen molar-refractivity contribution < 1.29 is 39.0 Å². The number of amides is 5. The highest BCUT2D eigenvalue weighted by molar-refractivity contribution is 5.96. The second-order valence-electron chi connectivity index (χ2n) is 15.4. The summed E-state index contributed by atoms with van der Waals surface area (Å²) < 4.78 is 0. The number of nitrogens with zero attached hydrogens (tertiary/aromatic N) is 3. The molecule has 16 N–H and O–H groups in total. The van der Waals surface area contributed by atoms with Crippen molar-refractivity contribution in [2.45, 2.75) is 122 Å². The number of likely N-dealkylation sites (tertiary alicyclic amines) is 1. The second-order valence-corrected chi connectivity index (χ2v) is 15.4. The highest BCUT2D eigenvalue weighted by Gasteiger charge is 2.39. The number of phenols is 1. The van der Waals surface area contributed by atoms with Crippen LogP contribution in [-0.4, -0.2) is 118 Å². The van der Waals surface area contributed by atoms with E-state index in [1.54, 1.807) is 12.1 Å². The number of hydrogen-bond donors (Lipinski definition) is 11. The number of hydrogen-bond acceptors (Lipinski definition) is 10. The van der Waals surface area contributed by atoms with E-state index in [1.807, 2.05) is 27.7 Å². The lowest BCUT2D eigenvalue weighted by Gasteiger charge is -2.31. The largest absolute Gasteiger partial charge is 0.508 e. The van der Waals surface area contributed by atoms with Gasteiger partial charge in [0.05, 0.1) is 6.04 Å². The van der Waals surface area contributed by atoms with Gasteiger partial charge >= 0.3 is 5.97 Å². The maximum absolute atomic E-state index is 14.1. The van der Waals surface area contributed by atoms with Gasteiger partial charge in [0.2, 0.25) is 29.5 Å². The van der Waals surface area contributed by atoms with Gasteiger partial charge in [-0.15, -0.1) is 0 Å². The molecule has 324 valence electrons. The number of nitrogens with one attached hydrogen (secondary N) is 4. The number of carboxylic acids is 1. The quantitative estimate of drug-likeness (QED) is 0.0321. The van der Waals surface area contributed by atoms with Crippen LogP contribution in [0.2, 0.25) is 0 Å². The van der Waals surface area contributed by atoms with Crippen molar-refractivity contribution >= 4 is 47.4 Å². The van der Waals surface area contributed by atoms with E-state index in [1.165, 1.54) is 17.0 Å². The molecular weight excluding hydrogens is 752 g/mol. The van der Waals surface area contributed by atoms with Crippen LogP contribution in [0.1, 0.15) is 84.6 Å². The molecule has 0 spiro atoms. The lowest BCUT2D eigenvalue weighted by Crippen LogP contribution is -2.59. The van der Waals surface area contributed by atoms with Gasteiger partial charge in [-0.2, -0.15) is 0 Å². The van der Waals surface area contributed by atoms with Crippen LogP contribution in [0.25, 0.3) is 0 Å². The minimum absolute atomic E-state index is 0.0104. The first-order valence-electron chi connectivity index (χ1n) is 19.7. The predicted molar refractivity (Wildman–Crippen MR) is 219 cm³/mol. The van der Waals surface area contributed by atoms with Crippen LogP contribution in [0.4, 0.5) is 0 Å². The summed E-state index contributed by atoms with van der Waals surface area (Å²) in [4.78, 5) is 90.0. The van der Waals surface area contributed by atoms with Gasteiger partial charge in [0.15, 0.2) is 11.9 Å². The normalized spacial score (nSPS) is 16.3. The first-order valence-corrected chi connectivity index (χ1v) is 19.7. The predicted octanol–water partition coefficient (Wildman–Crippen LogP) is -1.52. The lowest BCUT2D eigenvalue weighted by molar-refractivity contribution is -0.143. The van der Waals surface area contributed by atoms with E-state index in [0.29, 0.717) is 24.8 Å². The number of benzene rings is 1. The summed E-state index contributed by atoms with van der Waals surface area (Å²) in [5.74, 6) is -4.72. The van der Waals surface area contributed by atoms with Crippen LogP contribution in [0.15, 0.2) is 34.3 Å². The zero-order valence-corrected chi connectivity index (χ0v) is 34.0. The van der Waals surface area contributed by atoms with E-state index in [-0.39, 0.29) is 87.7 Å². The molecule has 6 atom stereocenters. The Hall–Kier alpha value is -5.66. The molecule has 0 bridgehead atoms. The summed E-state index contributed by atoms with van der Waals surface area (Å²) in [7, 11) is 0. The summed E-state index contributed by atoms with van der Waals surface area (Å²) in [5, 5.41) is 30.4. The van der Waals surface area contributed by atoms with Gasteiger partial charge in [-0.25, -0.2) is 4.79 Å². The van der Waals surface area contributed by atoms with E-state index in [2.05, 4.69) is 31.3 Å². The smallest absolute Gasteiger partial charge is 0.326 e. The summed E-state index contributed by atoms with van der Waals surface area (Å²) >= 11 is 0. The molecule has 5 amide bonds. The zero-order valence-electron chi connectivity index (χ0n) is 34.0.